The normalized spacial score (nSPS) is 18.1. The number of hydrogen-bond acceptors (Lipinski definition) is 4. The number of fused-ring (bicyclic) bond motifs is 1. The van der Waals surface area contributed by atoms with Gasteiger partial charge in [-0.2, -0.15) is 4.98 Å². The highest BCUT2D eigenvalue weighted by molar-refractivity contribution is 5.95. The Bertz CT molecular complexity index is 1050. The second kappa shape index (κ2) is 8.13. The molecule has 4 rings (SSSR count). The molecule has 166 valence electrons. The van der Waals surface area contributed by atoms with Crippen molar-refractivity contribution in [3.8, 4) is 5.75 Å². The van der Waals surface area contributed by atoms with Gasteiger partial charge in [0, 0.05) is 31.0 Å². The molecule has 0 unspecified atom stereocenters. The van der Waals surface area contributed by atoms with Gasteiger partial charge in [-0.3, -0.25) is 9.59 Å². The molecule has 2 heterocycles. The lowest BCUT2D eigenvalue weighted by molar-refractivity contribution is 0.0636. The Morgan fingerprint density at radius 3 is 2.45 bits per heavy atom. The van der Waals surface area contributed by atoms with Crippen LogP contribution < -0.4 is 5.56 Å². The number of amides is 1. The summed E-state index contributed by atoms with van der Waals surface area (Å²) >= 11 is 0. The second-order valence-corrected chi connectivity index (χ2v) is 9.72. The molecule has 1 fully saturated rings. The summed E-state index contributed by atoms with van der Waals surface area (Å²) in [6.45, 7) is 9.38. The van der Waals surface area contributed by atoms with E-state index in [-0.39, 0.29) is 23.1 Å². The zero-order valence-corrected chi connectivity index (χ0v) is 19.0. The molecule has 1 amide bonds. The number of aromatic hydroxyl groups is 1. The largest absolute Gasteiger partial charge is 0.501 e. The van der Waals surface area contributed by atoms with E-state index < -0.39 is 11.3 Å². The van der Waals surface area contributed by atoms with E-state index in [9.17, 15) is 14.7 Å². The Labute approximate surface area is 183 Å². The Hall–Kier alpha value is -2.63. The molecule has 1 saturated carbocycles. The number of hydrogen-bond donors (Lipinski definition) is 1. The third kappa shape index (κ3) is 3.77. The molecule has 1 aliphatic heterocycles. The van der Waals surface area contributed by atoms with Gasteiger partial charge in [0.1, 0.15) is 5.82 Å². The fraction of sp³-hybridized carbons (Fsp3) is 0.560. The molecule has 6 nitrogen and oxygen atoms in total. The van der Waals surface area contributed by atoms with Gasteiger partial charge in [-0.05, 0) is 43.7 Å². The predicted molar refractivity (Wildman–Crippen MR) is 121 cm³/mol. The van der Waals surface area contributed by atoms with Crippen LogP contribution >= 0.6 is 0 Å². The Kier molecular flexibility index (Phi) is 5.67. The molecule has 6 heteroatoms. The summed E-state index contributed by atoms with van der Waals surface area (Å²) in [6.07, 6.45) is 4.95. The van der Waals surface area contributed by atoms with Gasteiger partial charge in [0.05, 0.1) is 0 Å². The summed E-state index contributed by atoms with van der Waals surface area (Å²) in [4.78, 5) is 31.6. The smallest absolute Gasteiger partial charge is 0.315 e. The van der Waals surface area contributed by atoms with Crippen molar-refractivity contribution in [3.63, 3.8) is 0 Å². The maximum Gasteiger partial charge on any atom is 0.315 e. The molecular formula is C25H33N3O3. The van der Waals surface area contributed by atoms with Crippen LogP contribution in [0.3, 0.4) is 0 Å². The zero-order chi connectivity index (χ0) is 22.3. The van der Waals surface area contributed by atoms with Crippen LogP contribution in [-0.4, -0.2) is 38.1 Å². The topological polar surface area (TPSA) is 75.4 Å². The molecule has 0 saturated heterocycles. The lowest BCUT2D eigenvalue weighted by Gasteiger charge is -2.36. The summed E-state index contributed by atoms with van der Waals surface area (Å²) < 4.78 is 1.80. The Morgan fingerprint density at radius 2 is 1.81 bits per heavy atom. The number of carbonyl (C=O) groups is 1. The monoisotopic (exact) mass is 423 g/mol. The lowest BCUT2D eigenvalue weighted by atomic mass is 9.75. The first-order valence-electron chi connectivity index (χ1n) is 11.5. The average molecular weight is 424 g/mol. The highest BCUT2D eigenvalue weighted by atomic mass is 16.3. The van der Waals surface area contributed by atoms with Crippen LogP contribution in [0.5, 0.6) is 5.75 Å². The van der Waals surface area contributed by atoms with Crippen molar-refractivity contribution in [2.75, 3.05) is 6.54 Å². The maximum atomic E-state index is 13.1. The molecule has 0 spiro atoms. The quantitative estimate of drug-likeness (QED) is 0.789. The van der Waals surface area contributed by atoms with Crippen LogP contribution in [0.4, 0.5) is 0 Å². The van der Waals surface area contributed by atoms with E-state index in [1.165, 1.54) is 11.1 Å². The fourth-order valence-corrected chi connectivity index (χ4v) is 5.27. The third-order valence-electron chi connectivity index (χ3n) is 7.11. The number of carbonyl (C=O) groups excluding carboxylic acids is 1. The van der Waals surface area contributed by atoms with Gasteiger partial charge >= 0.3 is 5.56 Å². The lowest BCUT2D eigenvalue weighted by Crippen LogP contribution is -2.46. The van der Waals surface area contributed by atoms with Crippen molar-refractivity contribution in [2.24, 2.45) is 0 Å². The van der Waals surface area contributed by atoms with Crippen molar-refractivity contribution in [2.45, 2.75) is 83.7 Å². The van der Waals surface area contributed by atoms with E-state index in [4.69, 9.17) is 0 Å². The molecule has 0 atom stereocenters. The van der Waals surface area contributed by atoms with Crippen molar-refractivity contribution in [3.05, 3.63) is 57.3 Å². The number of aromatic nitrogens is 2. The van der Waals surface area contributed by atoms with Gasteiger partial charge in [-0.15, -0.1) is 0 Å². The molecule has 1 N–H and O–H groups in total. The van der Waals surface area contributed by atoms with Crippen molar-refractivity contribution < 1.29 is 9.90 Å². The molecule has 0 bridgehead atoms. The SMILES string of the molecule is CC(C)c1cccc(C2(Cc3nc(=O)c(O)c4n3CCN(C(C)C)C4=O)CCCC2)c1. The summed E-state index contributed by atoms with van der Waals surface area (Å²) in [7, 11) is 0. The predicted octanol–water partition coefficient (Wildman–Crippen LogP) is 3.99. The van der Waals surface area contributed by atoms with Gasteiger partial charge < -0.3 is 14.6 Å². The first-order chi connectivity index (χ1) is 14.7. The van der Waals surface area contributed by atoms with Gasteiger partial charge in [0.15, 0.2) is 5.69 Å². The highest BCUT2D eigenvalue weighted by Gasteiger charge is 2.39. The Balaban J connectivity index is 1.80. The molecule has 1 aliphatic carbocycles. The van der Waals surface area contributed by atoms with E-state index in [0.717, 1.165) is 25.7 Å². The van der Waals surface area contributed by atoms with Crippen LogP contribution in [0.25, 0.3) is 0 Å². The molecule has 1 aromatic carbocycles. The Morgan fingerprint density at radius 1 is 1.10 bits per heavy atom. The maximum absolute atomic E-state index is 13.1. The summed E-state index contributed by atoms with van der Waals surface area (Å²) in [6, 6.07) is 8.80. The fourth-order valence-electron chi connectivity index (χ4n) is 5.27. The number of nitrogens with zero attached hydrogens (tertiary/aromatic N) is 3. The van der Waals surface area contributed by atoms with Crippen molar-refractivity contribution in [1.29, 1.82) is 0 Å². The minimum absolute atomic E-state index is 0.00677. The zero-order valence-electron chi connectivity index (χ0n) is 19.0. The minimum Gasteiger partial charge on any atom is -0.501 e. The minimum atomic E-state index is -0.704. The van der Waals surface area contributed by atoms with Crippen LogP contribution in [0.2, 0.25) is 0 Å². The number of rotatable bonds is 5. The summed E-state index contributed by atoms with van der Waals surface area (Å²) in [5, 5.41) is 10.4. The summed E-state index contributed by atoms with van der Waals surface area (Å²) in [5.41, 5.74) is 1.90. The van der Waals surface area contributed by atoms with Crippen LogP contribution in [0.15, 0.2) is 29.1 Å². The molecular weight excluding hydrogens is 390 g/mol. The molecule has 2 aliphatic rings. The molecule has 0 radical (unpaired) electrons. The van der Waals surface area contributed by atoms with E-state index in [2.05, 4.69) is 43.1 Å². The van der Waals surface area contributed by atoms with E-state index in [1.807, 2.05) is 13.8 Å². The molecule has 31 heavy (non-hydrogen) atoms. The molecule has 2 aromatic rings. The van der Waals surface area contributed by atoms with Crippen LogP contribution in [0.1, 0.15) is 86.7 Å². The second-order valence-electron chi connectivity index (χ2n) is 9.72. The van der Waals surface area contributed by atoms with E-state index in [1.54, 1.807) is 9.47 Å². The number of benzene rings is 1. The first-order valence-corrected chi connectivity index (χ1v) is 11.5. The molecule has 1 aromatic heterocycles. The average Bonchev–Trinajstić information content (AvgIpc) is 3.21. The van der Waals surface area contributed by atoms with E-state index in [0.29, 0.717) is 31.3 Å². The van der Waals surface area contributed by atoms with Gasteiger partial charge in [0.2, 0.25) is 5.75 Å². The van der Waals surface area contributed by atoms with Gasteiger partial charge in [-0.25, -0.2) is 0 Å². The highest BCUT2D eigenvalue weighted by Crippen LogP contribution is 2.44. The van der Waals surface area contributed by atoms with Crippen LogP contribution in [-0.2, 0) is 18.4 Å². The third-order valence-corrected chi connectivity index (χ3v) is 7.11. The van der Waals surface area contributed by atoms with Crippen molar-refractivity contribution >= 4 is 5.91 Å². The van der Waals surface area contributed by atoms with Crippen molar-refractivity contribution in [1.82, 2.24) is 14.5 Å². The van der Waals surface area contributed by atoms with E-state index >= 15 is 0 Å². The summed E-state index contributed by atoms with van der Waals surface area (Å²) in [5.74, 6) is 0.245. The van der Waals surface area contributed by atoms with Gasteiger partial charge in [-0.1, -0.05) is 51.0 Å². The first kappa shape index (κ1) is 21.6. The van der Waals surface area contributed by atoms with Gasteiger partial charge in [0.25, 0.3) is 5.91 Å². The van der Waals surface area contributed by atoms with Crippen LogP contribution in [0, 0.1) is 0 Å². The standard InChI is InChI=1S/C25H33N3O3/c1-16(2)18-8-7-9-19(14-18)25(10-5-6-11-25)15-20-26-23(30)22(29)21-24(31)27(17(3)4)12-13-28(20)21/h7-9,14,16-17,29H,5-6,10-13,15H2,1-4H3.